The van der Waals surface area contributed by atoms with Crippen molar-refractivity contribution in [2.45, 2.75) is 6.92 Å². The molecule has 4 heteroatoms. The molecule has 0 N–H and O–H groups in total. The molecule has 2 heterocycles. The molecule has 0 radical (unpaired) electrons. The van der Waals surface area contributed by atoms with E-state index in [4.69, 9.17) is 0 Å². The predicted octanol–water partition coefficient (Wildman–Crippen LogP) is 3.51. The molecule has 25 heavy (non-hydrogen) atoms. The summed E-state index contributed by atoms with van der Waals surface area (Å²) in [5, 5.41) is 1.98. The first-order valence-corrected chi connectivity index (χ1v) is 8.66. The first-order chi connectivity index (χ1) is 12.2. The summed E-state index contributed by atoms with van der Waals surface area (Å²) < 4.78 is 0. The van der Waals surface area contributed by atoms with Gasteiger partial charge in [-0.05, 0) is 42.1 Å². The Labute approximate surface area is 147 Å². The highest BCUT2D eigenvalue weighted by molar-refractivity contribution is 6.06. The lowest BCUT2D eigenvalue weighted by atomic mass is 10.1. The summed E-state index contributed by atoms with van der Waals surface area (Å²) in [5.74, 6) is 0.0995. The van der Waals surface area contributed by atoms with Crippen LogP contribution in [0.1, 0.15) is 15.9 Å². The molecule has 0 saturated carbocycles. The third-order valence-electron chi connectivity index (χ3n) is 4.85. The van der Waals surface area contributed by atoms with Gasteiger partial charge in [-0.15, -0.1) is 0 Å². The summed E-state index contributed by atoms with van der Waals surface area (Å²) in [4.78, 5) is 21.5. The zero-order valence-electron chi connectivity index (χ0n) is 14.4. The lowest BCUT2D eigenvalue weighted by molar-refractivity contribution is 0.0749. The molecule has 1 saturated heterocycles. The second-order valence-electron chi connectivity index (χ2n) is 6.52. The van der Waals surface area contributed by atoms with Crippen molar-refractivity contribution in [3.8, 4) is 0 Å². The molecule has 0 bridgehead atoms. The molecular formula is C21H21N3O. The van der Waals surface area contributed by atoms with Gasteiger partial charge in [0, 0.05) is 55.2 Å². The van der Waals surface area contributed by atoms with Crippen molar-refractivity contribution in [3.63, 3.8) is 0 Å². The number of piperazine rings is 1. The van der Waals surface area contributed by atoms with Crippen LogP contribution in [-0.2, 0) is 0 Å². The highest BCUT2D eigenvalue weighted by Gasteiger charge is 2.23. The predicted molar refractivity (Wildman–Crippen MR) is 101 cm³/mol. The Morgan fingerprint density at radius 1 is 1.00 bits per heavy atom. The van der Waals surface area contributed by atoms with E-state index in [-0.39, 0.29) is 5.91 Å². The molecule has 2 aromatic carbocycles. The number of amides is 1. The number of nitrogens with zero attached hydrogens (tertiary/aromatic N) is 3. The summed E-state index contributed by atoms with van der Waals surface area (Å²) in [6.07, 6.45) is 3.54. The zero-order valence-corrected chi connectivity index (χ0v) is 14.4. The van der Waals surface area contributed by atoms with Crippen molar-refractivity contribution >= 4 is 22.4 Å². The molecule has 1 aliphatic rings. The second kappa shape index (κ2) is 6.55. The average molecular weight is 331 g/mol. The number of carbonyl (C=O) groups excluding carboxylic acids is 1. The monoisotopic (exact) mass is 331 g/mol. The van der Waals surface area contributed by atoms with Crippen LogP contribution in [0.15, 0.2) is 60.9 Å². The number of hydrogen-bond acceptors (Lipinski definition) is 3. The number of fused-ring (bicyclic) bond motifs is 1. The number of hydrogen-bond donors (Lipinski definition) is 0. The first-order valence-electron chi connectivity index (χ1n) is 8.66. The maximum Gasteiger partial charge on any atom is 0.254 e. The third-order valence-corrected chi connectivity index (χ3v) is 4.85. The maximum atomic E-state index is 13.0. The van der Waals surface area contributed by atoms with Crippen molar-refractivity contribution < 1.29 is 4.79 Å². The number of pyridine rings is 1. The van der Waals surface area contributed by atoms with Gasteiger partial charge in [-0.3, -0.25) is 9.78 Å². The fourth-order valence-electron chi connectivity index (χ4n) is 3.46. The quantitative estimate of drug-likeness (QED) is 0.721. The second-order valence-corrected chi connectivity index (χ2v) is 6.52. The van der Waals surface area contributed by atoms with Gasteiger partial charge in [-0.2, -0.15) is 0 Å². The number of aromatic nitrogens is 1. The molecule has 1 aliphatic heterocycles. The van der Waals surface area contributed by atoms with Crippen LogP contribution in [0.2, 0.25) is 0 Å². The lowest BCUT2D eigenvalue weighted by Crippen LogP contribution is -2.48. The lowest BCUT2D eigenvalue weighted by Gasteiger charge is -2.36. The summed E-state index contributed by atoms with van der Waals surface area (Å²) in [6, 6.07) is 16.3. The van der Waals surface area contributed by atoms with E-state index in [2.05, 4.69) is 41.1 Å². The summed E-state index contributed by atoms with van der Waals surface area (Å²) in [5.41, 5.74) is 3.25. The molecule has 1 aromatic heterocycles. The van der Waals surface area contributed by atoms with Crippen LogP contribution in [0.5, 0.6) is 0 Å². The Kier molecular flexibility index (Phi) is 4.10. The smallest absolute Gasteiger partial charge is 0.254 e. The summed E-state index contributed by atoms with van der Waals surface area (Å²) >= 11 is 0. The van der Waals surface area contributed by atoms with Crippen LogP contribution < -0.4 is 4.90 Å². The number of aryl methyl sites for hydroxylation is 1. The minimum Gasteiger partial charge on any atom is -0.368 e. The van der Waals surface area contributed by atoms with Crippen LogP contribution in [0, 0.1) is 6.92 Å². The van der Waals surface area contributed by atoms with Crippen molar-refractivity contribution in [1.82, 2.24) is 9.88 Å². The van der Waals surface area contributed by atoms with E-state index in [1.165, 1.54) is 11.3 Å². The number of anilines is 1. The normalized spacial score (nSPS) is 14.8. The number of rotatable bonds is 2. The topological polar surface area (TPSA) is 36.4 Å². The summed E-state index contributed by atoms with van der Waals surface area (Å²) in [6.45, 7) is 5.31. The highest BCUT2D eigenvalue weighted by atomic mass is 16.2. The standard InChI is InChI=1S/C21H21N3O/c1-16-4-2-6-18(14-16)23-10-12-24(13-11-23)21(25)19-7-3-5-17-8-9-22-15-20(17)19/h2-9,14-15H,10-13H2,1H3. The maximum absolute atomic E-state index is 13.0. The van der Waals surface area contributed by atoms with E-state index in [9.17, 15) is 4.79 Å². The van der Waals surface area contributed by atoms with Gasteiger partial charge in [-0.1, -0.05) is 24.3 Å². The first kappa shape index (κ1) is 15.6. The van der Waals surface area contributed by atoms with Gasteiger partial charge in [-0.25, -0.2) is 0 Å². The van der Waals surface area contributed by atoms with Crippen LogP contribution in [0.3, 0.4) is 0 Å². The highest BCUT2D eigenvalue weighted by Crippen LogP contribution is 2.22. The molecule has 0 spiro atoms. The molecule has 0 unspecified atom stereocenters. The van der Waals surface area contributed by atoms with Gasteiger partial charge in [0.1, 0.15) is 0 Å². The Bertz CT molecular complexity index is 908. The minimum absolute atomic E-state index is 0.0995. The van der Waals surface area contributed by atoms with E-state index >= 15 is 0 Å². The third kappa shape index (κ3) is 3.07. The number of benzene rings is 2. The summed E-state index contributed by atoms with van der Waals surface area (Å²) in [7, 11) is 0. The fraction of sp³-hybridized carbons (Fsp3) is 0.238. The van der Waals surface area contributed by atoms with Gasteiger partial charge < -0.3 is 9.80 Å². The molecule has 126 valence electrons. The SMILES string of the molecule is Cc1cccc(N2CCN(C(=O)c3cccc4ccncc34)CC2)c1. The molecule has 0 atom stereocenters. The van der Waals surface area contributed by atoms with Crippen LogP contribution in [0.4, 0.5) is 5.69 Å². The van der Waals surface area contributed by atoms with Gasteiger partial charge in [0.2, 0.25) is 0 Å². The zero-order chi connectivity index (χ0) is 17.2. The molecule has 0 aliphatic carbocycles. The van der Waals surface area contributed by atoms with Gasteiger partial charge in [0.05, 0.1) is 0 Å². The molecule has 1 amide bonds. The molecular weight excluding hydrogens is 310 g/mol. The Morgan fingerprint density at radius 3 is 2.60 bits per heavy atom. The van der Waals surface area contributed by atoms with E-state index in [1.807, 2.05) is 29.2 Å². The van der Waals surface area contributed by atoms with E-state index in [0.717, 1.165) is 42.5 Å². The fourth-order valence-corrected chi connectivity index (χ4v) is 3.46. The van der Waals surface area contributed by atoms with Crippen LogP contribution in [0.25, 0.3) is 10.8 Å². The van der Waals surface area contributed by atoms with Crippen molar-refractivity contribution in [3.05, 3.63) is 72.1 Å². The Balaban J connectivity index is 1.51. The Morgan fingerprint density at radius 2 is 1.80 bits per heavy atom. The van der Waals surface area contributed by atoms with Crippen LogP contribution in [-0.4, -0.2) is 42.0 Å². The van der Waals surface area contributed by atoms with Crippen molar-refractivity contribution in [2.24, 2.45) is 0 Å². The average Bonchev–Trinajstić information content (AvgIpc) is 2.67. The molecule has 3 aromatic rings. The van der Waals surface area contributed by atoms with E-state index in [1.54, 1.807) is 12.4 Å². The van der Waals surface area contributed by atoms with Gasteiger partial charge in [0.15, 0.2) is 0 Å². The molecule has 4 nitrogen and oxygen atoms in total. The van der Waals surface area contributed by atoms with Crippen molar-refractivity contribution in [1.29, 1.82) is 0 Å². The van der Waals surface area contributed by atoms with Gasteiger partial charge in [0.25, 0.3) is 5.91 Å². The minimum atomic E-state index is 0.0995. The van der Waals surface area contributed by atoms with Gasteiger partial charge >= 0.3 is 0 Å². The largest absolute Gasteiger partial charge is 0.368 e. The molecule has 1 fully saturated rings. The van der Waals surface area contributed by atoms with Crippen LogP contribution >= 0.6 is 0 Å². The Hall–Kier alpha value is -2.88. The van der Waals surface area contributed by atoms with E-state index < -0.39 is 0 Å². The molecule has 4 rings (SSSR count). The van der Waals surface area contributed by atoms with E-state index in [0.29, 0.717) is 0 Å². The number of carbonyl (C=O) groups is 1. The van der Waals surface area contributed by atoms with Crippen molar-refractivity contribution in [2.75, 3.05) is 31.1 Å².